The van der Waals surface area contributed by atoms with E-state index in [0.717, 1.165) is 18.9 Å². The van der Waals surface area contributed by atoms with E-state index in [1.165, 1.54) is 19.4 Å². The predicted octanol–water partition coefficient (Wildman–Crippen LogP) is 1.63. The number of anilines is 1. The maximum Gasteiger partial charge on any atom is 0.146 e. The van der Waals surface area contributed by atoms with Gasteiger partial charge in [0.05, 0.1) is 5.56 Å². The summed E-state index contributed by atoms with van der Waals surface area (Å²) < 4.78 is 0. The Morgan fingerprint density at radius 2 is 2.28 bits per heavy atom. The number of nitriles is 1. The molecule has 2 aliphatic heterocycles. The Labute approximate surface area is 108 Å². The summed E-state index contributed by atoms with van der Waals surface area (Å²) in [5.41, 5.74) is 0.691. The minimum Gasteiger partial charge on any atom is -0.350 e. The van der Waals surface area contributed by atoms with Crippen molar-refractivity contribution in [1.82, 2.24) is 9.88 Å². The summed E-state index contributed by atoms with van der Waals surface area (Å²) in [5, 5.41) is 9.20. The maximum absolute atomic E-state index is 9.20. The van der Waals surface area contributed by atoms with Crippen LogP contribution in [0.15, 0.2) is 18.3 Å². The molecule has 0 spiro atoms. The number of fused-ring (bicyclic) bond motifs is 1. The number of hydrogen-bond donors (Lipinski definition) is 0. The molecule has 0 bridgehead atoms. The number of rotatable bonds is 1. The van der Waals surface area contributed by atoms with E-state index in [2.05, 4.69) is 27.8 Å². The average molecular weight is 242 g/mol. The summed E-state index contributed by atoms with van der Waals surface area (Å²) >= 11 is 0. The van der Waals surface area contributed by atoms with Crippen LogP contribution in [0.1, 0.15) is 25.3 Å². The highest BCUT2D eigenvalue weighted by Crippen LogP contribution is 2.30. The van der Waals surface area contributed by atoms with Gasteiger partial charge < -0.3 is 4.90 Å². The zero-order valence-electron chi connectivity index (χ0n) is 10.7. The van der Waals surface area contributed by atoms with Gasteiger partial charge in [0, 0.05) is 31.4 Å². The van der Waals surface area contributed by atoms with E-state index in [4.69, 9.17) is 0 Å². The second-order valence-electron chi connectivity index (χ2n) is 5.17. The quantitative estimate of drug-likeness (QED) is 0.750. The fraction of sp³-hybridized carbons (Fsp3) is 0.571. The maximum atomic E-state index is 9.20. The van der Waals surface area contributed by atoms with Crippen LogP contribution >= 0.6 is 0 Å². The van der Waals surface area contributed by atoms with Crippen LogP contribution in [0.25, 0.3) is 0 Å². The van der Waals surface area contributed by atoms with Crippen LogP contribution in [0, 0.1) is 11.3 Å². The zero-order valence-corrected chi connectivity index (χ0v) is 10.7. The molecule has 2 atom stereocenters. The van der Waals surface area contributed by atoms with Crippen LogP contribution in [0.5, 0.6) is 0 Å². The lowest BCUT2D eigenvalue weighted by Gasteiger charge is -2.44. The first-order valence-electron chi connectivity index (χ1n) is 6.67. The summed E-state index contributed by atoms with van der Waals surface area (Å²) in [6.07, 6.45) is 4.35. The Hall–Kier alpha value is -1.60. The third-order valence-corrected chi connectivity index (χ3v) is 4.27. The number of piperazine rings is 1. The monoisotopic (exact) mass is 242 g/mol. The van der Waals surface area contributed by atoms with Crippen molar-refractivity contribution in [1.29, 1.82) is 5.26 Å². The minimum absolute atomic E-state index is 0.447. The van der Waals surface area contributed by atoms with Gasteiger partial charge in [0.2, 0.25) is 0 Å². The first-order chi connectivity index (χ1) is 8.81. The van der Waals surface area contributed by atoms with Crippen molar-refractivity contribution in [3.63, 3.8) is 0 Å². The van der Waals surface area contributed by atoms with Crippen LogP contribution < -0.4 is 4.90 Å². The fourth-order valence-corrected chi connectivity index (χ4v) is 3.34. The molecule has 1 aromatic rings. The highest BCUT2D eigenvalue weighted by molar-refractivity contribution is 5.54. The average Bonchev–Trinajstić information content (AvgIpc) is 2.88. The fourth-order valence-electron chi connectivity index (χ4n) is 3.34. The molecule has 0 N–H and O–H groups in total. The van der Waals surface area contributed by atoms with Gasteiger partial charge in [-0.15, -0.1) is 0 Å². The Morgan fingerprint density at radius 1 is 1.39 bits per heavy atom. The molecule has 3 rings (SSSR count). The Kier molecular flexibility index (Phi) is 2.92. The summed E-state index contributed by atoms with van der Waals surface area (Å²) in [6, 6.07) is 7.02. The SMILES string of the molecule is C[C@H]1[C@H]2CCCN2CCN1c1ncccc1C#N. The Bertz CT molecular complexity index is 479. The molecular formula is C14H18N4. The van der Waals surface area contributed by atoms with Crippen molar-refractivity contribution in [3.8, 4) is 6.07 Å². The van der Waals surface area contributed by atoms with Gasteiger partial charge >= 0.3 is 0 Å². The number of pyridine rings is 1. The van der Waals surface area contributed by atoms with Crippen LogP contribution in [-0.2, 0) is 0 Å². The molecule has 0 aromatic carbocycles. The van der Waals surface area contributed by atoms with Crippen molar-refractivity contribution < 1.29 is 0 Å². The Balaban J connectivity index is 1.90. The second kappa shape index (κ2) is 4.58. The molecule has 1 aromatic heterocycles. The van der Waals surface area contributed by atoms with Crippen molar-refractivity contribution in [2.75, 3.05) is 24.5 Å². The van der Waals surface area contributed by atoms with E-state index in [-0.39, 0.29) is 0 Å². The van der Waals surface area contributed by atoms with E-state index in [1.54, 1.807) is 6.20 Å². The largest absolute Gasteiger partial charge is 0.350 e. The van der Waals surface area contributed by atoms with Gasteiger partial charge in [-0.2, -0.15) is 5.26 Å². The molecule has 2 aliphatic rings. The third kappa shape index (κ3) is 1.75. The predicted molar refractivity (Wildman–Crippen MR) is 70.4 cm³/mol. The molecule has 2 fully saturated rings. The van der Waals surface area contributed by atoms with E-state index in [1.807, 2.05) is 12.1 Å². The number of aromatic nitrogens is 1. The first-order valence-corrected chi connectivity index (χ1v) is 6.67. The lowest BCUT2D eigenvalue weighted by Crippen LogP contribution is -2.56. The molecule has 0 radical (unpaired) electrons. The summed E-state index contributed by atoms with van der Waals surface area (Å²) in [6.45, 7) is 5.56. The van der Waals surface area contributed by atoms with E-state index >= 15 is 0 Å². The minimum atomic E-state index is 0.447. The molecular weight excluding hydrogens is 224 g/mol. The van der Waals surface area contributed by atoms with E-state index < -0.39 is 0 Å². The molecule has 18 heavy (non-hydrogen) atoms. The standard InChI is InChI=1S/C14H18N4/c1-11-13-5-3-7-17(13)8-9-18(11)14-12(10-15)4-2-6-16-14/h2,4,6,11,13H,3,5,7-9H2,1H3/t11-,13+/m0/s1. The van der Waals surface area contributed by atoms with Gasteiger partial charge in [-0.05, 0) is 38.4 Å². The van der Waals surface area contributed by atoms with Crippen LogP contribution in [0.2, 0.25) is 0 Å². The third-order valence-electron chi connectivity index (χ3n) is 4.27. The van der Waals surface area contributed by atoms with Gasteiger partial charge in [0.15, 0.2) is 0 Å². The molecule has 0 unspecified atom stereocenters. The lowest BCUT2D eigenvalue weighted by molar-refractivity contribution is 0.193. The van der Waals surface area contributed by atoms with Crippen molar-refractivity contribution in [2.24, 2.45) is 0 Å². The van der Waals surface area contributed by atoms with Gasteiger partial charge in [0.25, 0.3) is 0 Å². The zero-order chi connectivity index (χ0) is 12.5. The molecule has 0 saturated carbocycles. The summed E-state index contributed by atoms with van der Waals surface area (Å²) in [5.74, 6) is 0.860. The first kappa shape index (κ1) is 11.5. The molecule has 2 saturated heterocycles. The van der Waals surface area contributed by atoms with Gasteiger partial charge in [-0.25, -0.2) is 4.98 Å². The van der Waals surface area contributed by atoms with Crippen molar-refractivity contribution in [2.45, 2.75) is 31.8 Å². The topological polar surface area (TPSA) is 43.2 Å². The lowest BCUT2D eigenvalue weighted by atomic mass is 10.0. The van der Waals surface area contributed by atoms with Crippen LogP contribution in [0.4, 0.5) is 5.82 Å². The van der Waals surface area contributed by atoms with Crippen molar-refractivity contribution >= 4 is 5.82 Å². The number of nitrogens with zero attached hydrogens (tertiary/aromatic N) is 4. The summed E-state index contributed by atoms with van der Waals surface area (Å²) in [7, 11) is 0. The normalized spacial score (nSPS) is 27.9. The van der Waals surface area contributed by atoms with E-state index in [0.29, 0.717) is 17.6 Å². The number of hydrogen-bond acceptors (Lipinski definition) is 4. The molecule has 4 heteroatoms. The molecule has 3 heterocycles. The van der Waals surface area contributed by atoms with Gasteiger partial charge in [-0.1, -0.05) is 0 Å². The van der Waals surface area contributed by atoms with Crippen molar-refractivity contribution in [3.05, 3.63) is 23.9 Å². The highest BCUT2D eigenvalue weighted by Gasteiger charge is 2.37. The highest BCUT2D eigenvalue weighted by atomic mass is 15.3. The molecule has 0 amide bonds. The molecule has 0 aliphatic carbocycles. The van der Waals surface area contributed by atoms with Gasteiger partial charge in [0.1, 0.15) is 11.9 Å². The van der Waals surface area contributed by atoms with E-state index in [9.17, 15) is 5.26 Å². The smallest absolute Gasteiger partial charge is 0.146 e. The van der Waals surface area contributed by atoms with Gasteiger partial charge in [-0.3, -0.25) is 4.90 Å². The molecule has 4 nitrogen and oxygen atoms in total. The van der Waals surface area contributed by atoms with Crippen LogP contribution in [0.3, 0.4) is 0 Å². The molecule has 94 valence electrons. The second-order valence-corrected chi connectivity index (χ2v) is 5.17. The summed E-state index contributed by atoms with van der Waals surface area (Å²) in [4.78, 5) is 9.31. The van der Waals surface area contributed by atoms with Crippen LogP contribution in [-0.4, -0.2) is 41.6 Å². The Morgan fingerprint density at radius 3 is 3.11 bits per heavy atom.